The average Bonchev–Trinajstić information content (AvgIpc) is 3.22. The number of hydrogen-bond acceptors (Lipinski definition) is 6. The summed E-state index contributed by atoms with van der Waals surface area (Å²) in [6, 6.07) is 11.9. The van der Waals surface area contributed by atoms with Crippen LogP contribution in [0.5, 0.6) is 0 Å². The van der Waals surface area contributed by atoms with Crippen LogP contribution in [-0.4, -0.2) is 34.1 Å². The van der Waals surface area contributed by atoms with Crippen LogP contribution in [0.3, 0.4) is 0 Å². The molecule has 0 fully saturated rings. The molecule has 6 nitrogen and oxygen atoms in total. The third-order valence-electron chi connectivity index (χ3n) is 3.81. The van der Waals surface area contributed by atoms with E-state index in [4.69, 9.17) is 5.84 Å². The molecule has 3 rings (SSSR count). The van der Waals surface area contributed by atoms with Crippen LogP contribution in [0.15, 0.2) is 71.9 Å². The lowest BCUT2D eigenvalue weighted by molar-refractivity contribution is -0.125. The van der Waals surface area contributed by atoms with Crippen LogP contribution in [0.1, 0.15) is 26.5 Å². The minimum absolute atomic E-state index is 0.0421. The molecule has 0 spiro atoms. The van der Waals surface area contributed by atoms with Gasteiger partial charge in [0.2, 0.25) is 0 Å². The summed E-state index contributed by atoms with van der Waals surface area (Å²) >= 11 is 1.37. The quantitative estimate of drug-likeness (QED) is 0.289. The Morgan fingerprint density at radius 3 is 2.54 bits per heavy atom. The number of carbonyl (C=O) groups is 3. The fourth-order valence-electron chi connectivity index (χ4n) is 2.50. The first-order valence-electron chi connectivity index (χ1n) is 7.94. The van der Waals surface area contributed by atoms with Crippen molar-refractivity contribution in [1.82, 2.24) is 9.91 Å². The van der Waals surface area contributed by atoms with Crippen LogP contribution < -0.4 is 5.84 Å². The predicted octanol–water partition coefficient (Wildman–Crippen LogP) is 2.58. The van der Waals surface area contributed by atoms with Gasteiger partial charge in [0.05, 0.1) is 11.4 Å². The van der Waals surface area contributed by atoms with E-state index in [0.29, 0.717) is 27.4 Å². The van der Waals surface area contributed by atoms with E-state index < -0.39 is 11.8 Å². The summed E-state index contributed by atoms with van der Waals surface area (Å²) in [5.41, 5.74) is 0.679. The lowest BCUT2D eigenvalue weighted by atomic mass is 10.1. The number of allylic oxidation sites excluding steroid dienone is 1. The standard InChI is InChI=1S/C19H17N3O3S/c20-22(18(24)14-6-2-1-3-7-14)19(25)15-8-4-10-21(12-15)13-16(23)17-9-5-11-26-17/h1-7,9-12H,8,13,20H2. The molecule has 2 N–H and O–H groups in total. The molecule has 0 unspecified atom stereocenters. The summed E-state index contributed by atoms with van der Waals surface area (Å²) in [5.74, 6) is 4.53. The van der Waals surface area contributed by atoms with Crippen molar-refractivity contribution in [2.24, 2.45) is 5.84 Å². The number of imide groups is 1. The fraction of sp³-hybridized carbons (Fsp3) is 0.105. The number of amides is 2. The molecule has 0 saturated heterocycles. The second kappa shape index (κ2) is 7.90. The van der Waals surface area contributed by atoms with E-state index in [1.165, 1.54) is 11.3 Å². The zero-order valence-electron chi connectivity index (χ0n) is 13.9. The van der Waals surface area contributed by atoms with E-state index in [-0.39, 0.29) is 12.3 Å². The van der Waals surface area contributed by atoms with Crippen molar-refractivity contribution in [2.75, 3.05) is 6.54 Å². The fourth-order valence-corrected chi connectivity index (χ4v) is 3.16. The SMILES string of the molecule is NN(C(=O)C1=CN(CC(=O)c2cccs2)C=CC1)C(=O)c1ccccc1. The Morgan fingerprint density at radius 1 is 1.08 bits per heavy atom. The van der Waals surface area contributed by atoms with Crippen molar-refractivity contribution in [3.8, 4) is 0 Å². The highest BCUT2D eigenvalue weighted by atomic mass is 32.1. The average molecular weight is 367 g/mol. The first-order valence-corrected chi connectivity index (χ1v) is 8.82. The van der Waals surface area contributed by atoms with Crippen molar-refractivity contribution in [3.05, 3.63) is 82.3 Å². The minimum atomic E-state index is -0.586. The number of nitrogens with zero attached hydrogens (tertiary/aromatic N) is 2. The minimum Gasteiger partial charge on any atom is -0.346 e. The maximum atomic E-state index is 12.5. The zero-order chi connectivity index (χ0) is 18.5. The van der Waals surface area contributed by atoms with Gasteiger partial charge in [-0.2, -0.15) is 0 Å². The van der Waals surface area contributed by atoms with Gasteiger partial charge in [0, 0.05) is 23.5 Å². The highest BCUT2D eigenvalue weighted by Gasteiger charge is 2.24. The zero-order valence-corrected chi connectivity index (χ0v) is 14.7. The molecule has 0 bridgehead atoms. The van der Waals surface area contributed by atoms with Crippen LogP contribution in [-0.2, 0) is 4.79 Å². The smallest absolute Gasteiger partial charge is 0.275 e. The van der Waals surface area contributed by atoms with Crippen LogP contribution in [0.4, 0.5) is 0 Å². The Morgan fingerprint density at radius 2 is 1.85 bits per heavy atom. The number of thiophene rings is 1. The molecule has 2 heterocycles. The van der Waals surface area contributed by atoms with Gasteiger partial charge in [-0.3, -0.25) is 14.4 Å². The van der Waals surface area contributed by atoms with Crippen LogP contribution in [0, 0.1) is 0 Å². The molecule has 1 aliphatic rings. The van der Waals surface area contributed by atoms with Gasteiger partial charge in [0.1, 0.15) is 0 Å². The largest absolute Gasteiger partial charge is 0.346 e. The third-order valence-corrected chi connectivity index (χ3v) is 4.72. The first-order chi connectivity index (χ1) is 12.6. The molecule has 0 radical (unpaired) electrons. The van der Waals surface area contributed by atoms with E-state index in [1.54, 1.807) is 59.8 Å². The Labute approximate surface area is 154 Å². The van der Waals surface area contributed by atoms with Gasteiger partial charge in [-0.25, -0.2) is 10.9 Å². The van der Waals surface area contributed by atoms with E-state index in [0.717, 1.165) is 0 Å². The van der Waals surface area contributed by atoms with Crippen LogP contribution >= 0.6 is 11.3 Å². The first kappa shape index (κ1) is 17.8. The highest BCUT2D eigenvalue weighted by Crippen LogP contribution is 2.17. The van der Waals surface area contributed by atoms with Crippen molar-refractivity contribution in [3.63, 3.8) is 0 Å². The molecule has 1 aromatic heterocycles. The second-order valence-electron chi connectivity index (χ2n) is 5.66. The molecule has 1 aliphatic heterocycles. The van der Waals surface area contributed by atoms with E-state index in [1.807, 2.05) is 11.4 Å². The van der Waals surface area contributed by atoms with Crippen molar-refractivity contribution in [1.29, 1.82) is 0 Å². The molecule has 1 aromatic carbocycles. The normalized spacial score (nSPS) is 13.3. The Hall–Kier alpha value is -3.03. The summed E-state index contributed by atoms with van der Waals surface area (Å²) < 4.78 is 0. The van der Waals surface area contributed by atoms with Gasteiger partial charge in [-0.15, -0.1) is 11.3 Å². The molecule has 132 valence electrons. The molecule has 0 saturated carbocycles. The van der Waals surface area contributed by atoms with Gasteiger partial charge in [-0.05, 0) is 30.0 Å². The summed E-state index contributed by atoms with van der Waals surface area (Å²) in [4.78, 5) is 39.3. The lowest BCUT2D eigenvalue weighted by Crippen LogP contribution is -2.44. The van der Waals surface area contributed by atoms with Gasteiger partial charge < -0.3 is 4.90 Å². The number of carbonyl (C=O) groups excluding carboxylic acids is 3. The second-order valence-corrected chi connectivity index (χ2v) is 6.61. The third kappa shape index (κ3) is 3.96. The molecular weight excluding hydrogens is 350 g/mol. The number of ketones is 1. The molecule has 2 aromatic rings. The Balaban J connectivity index is 1.69. The number of Topliss-reactive ketones (excluding diaryl/α,β-unsaturated/α-hetero) is 1. The molecule has 7 heteroatoms. The van der Waals surface area contributed by atoms with E-state index in [2.05, 4.69) is 0 Å². The van der Waals surface area contributed by atoms with Crippen LogP contribution in [0.25, 0.3) is 0 Å². The van der Waals surface area contributed by atoms with Gasteiger partial charge >= 0.3 is 0 Å². The Bertz CT molecular complexity index is 873. The van der Waals surface area contributed by atoms with Gasteiger partial charge in [0.15, 0.2) is 5.78 Å². The summed E-state index contributed by atoms with van der Waals surface area (Å²) in [6.07, 6.45) is 5.40. The summed E-state index contributed by atoms with van der Waals surface area (Å²) in [6.45, 7) is 0.116. The number of nitrogens with two attached hydrogens (primary N) is 1. The summed E-state index contributed by atoms with van der Waals surface area (Å²) in [7, 11) is 0. The van der Waals surface area contributed by atoms with Crippen LogP contribution in [0.2, 0.25) is 0 Å². The van der Waals surface area contributed by atoms with Gasteiger partial charge in [-0.1, -0.05) is 30.3 Å². The number of rotatable bonds is 5. The maximum absolute atomic E-state index is 12.5. The molecule has 2 amide bonds. The Kier molecular flexibility index (Phi) is 5.40. The molecule has 26 heavy (non-hydrogen) atoms. The molecule has 0 aliphatic carbocycles. The number of benzene rings is 1. The topological polar surface area (TPSA) is 83.7 Å². The van der Waals surface area contributed by atoms with Gasteiger partial charge in [0.25, 0.3) is 11.8 Å². The maximum Gasteiger partial charge on any atom is 0.275 e. The van der Waals surface area contributed by atoms with E-state index >= 15 is 0 Å². The lowest BCUT2D eigenvalue weighted by Gasteiger charge is -2.22. The van der Waals surface area contributed by atoms with Crippen molar-refractivity contribution in [2.45, 2.75) is 6.42 Å². The monoisotopic (exact) mass is 367 g/mol. The van der Waals surface area contributed by atoms with E-state index in [9.17, 15) is 14.4 Å². The molecule has 0 atom stereocenters. The highest BCUT2D eigenvalue weighted by molar-refractivity contribution is 7.12. The number of hydrazine groups is 1. The van der Waals surface area contributed by atoms with Crippen molar-refractivity contribution >= 4 is 28.9 Å². The van der Waals surface area contributed by atoms with Crippen molar-refractivity contribution < 1.29 is 14.4 Å². The molecular formula is C19H17N3O3S. The number of hydrogen-bond donors (Lipinski definition) is 1. The predicted molar refractivity (Wildman–Crippen MR) is 99.0 cm³/mol. The summed E-state index contributed by atoms with van der Waals surface area (Å²) in [5, 5.41) is 2.45.